The van der Waals surface area contributed by atoms with Crippen LogP contribution in [0, 0.1) is 17.0 Å². The molecule has 0 amide bonds. The molecule has 1 aromatic heterocycles. The average Bonchev–Trinajstić information content (AvgIpc) is 2.94. The average molecular weight is 636 g/mol. The molecule has 0 bridgehead atoms. The van der Waals surface area contributed by atoms with Crippen molar-refractivity contribution in [2.24, 2.45) is 5.41 Å². The minimum Gasteiger partial charge on any atom is -0.380 e. The van der Waals surface area contributed by atoms with E-state index in [9.17, 15) is 22.4 Å². The highest BCUT2D eigenvalue weighted by molar-refractivity contribution is 7.99. The first-order chi connectivity index (χ1) is 20.9. The Kier molecular flexibility index (Phi) is 7.46. The molecular weight excluding hydrogens is 601 g/mol. The largest absolute Gasteiger partial charge is 0.417 e. The van der Waals surface area contributed by atoms with Gasteiger partial charge in [-0.2, -0.15) is 18.2 Å². The number of hydrogen-bond donors (Lipinski definition) is 1. The Morgan fingerprint density at radius 3 is 2.41 bits per heavy atom. The minimum absolute atomic E-state index is 0.0191. The number of ether oxygens (including phenoxy) is 1. The third-order valence-corrected chi connectivity index (χ3v) is 10.7. The first-order valence-corrected chi connectivity index (χ1v) is 16.0. The third-order valence-electron chi connectivity index (χ3n) is 9.50. The van der Waals surface area contributed by atoms with Gasteiger partial charge >= 0.3 is 11.9 Å². The maximum atomic E-state index is 15.2. The summed E-state index contributed by atoms with van der Waals surface area (Å²) in [7, 11) is 0. The van der Waals surface area contributed by atoms with Crippen molar-refractivity contribution in [2.75, 3.05) is 56.6 Å². The van der Waals surface area contributed by atoms with Crippen molar-refractivity contribution < 1.29 is 26.7 Å². The number of aromatic nitrogens is 2. The van der Waals surface area contributed by atoms with E-state index >= 15 is 4.39 Å². The maximum Gasteiger partial charge on any atom is 0.417 e. The molecule has 3 fully saturated rings. The number of hydrogen-bond acceptors (Lipinski definition) is 7. The van der Waals surface area contributed by atoms with Crippen molar-refractivity contribution in [3.05, 3.63) is 51.9 Å². The number of nitrogens with zero attached hydrogens (tertiary/aromatic N) is 4. The number of piperidine rings is 1. The molecule has 3 saturated heterocycles. The van der Waals surface area contributed by atoms with Gasteiger partial charge in [0.25, 0.3) is 0 Å². The van der Waals surface area contributed by atoms with Gasteiger partial charge in [-0.15, -0.1) is 11.8 Å². The first kappa shape index (κ1) is 29.9. The number of likely N-dealkylation sites (tertiary alicyclic amines) is 1. The monoisotopic (exact) mass is 635 g/mol. The number of thioether (sulfide) groups is 1. The highest BCUT2D eigenvalue weighted by atomic mass is 32.2. The van der Waals surface area contributed by atoms with E-state index in [0.717, 1.165) is 57.3 Å². The molecule has 4 aliphatic rings. The molecule has 13 heteroatoms. The Bertz CT molecular complexity index is 1660. The molecule has 7 nitrogen and oxygen atoms in total. The molecular formula is C31H34F5N5O2S. The number of nitrogens with one attached hydrogen (secondary N) is 1. The predicted molar refractivity (Wildman–Crippen MR) is 159 cm³/mol. The lowest BCUT2D eigenvalue weighted by Crippen LogP contribution is -2.55. The predicted octanol–water partition coefficient (Wildman–Crippen LogP) is 5.31. The van der Waals surface area contributed by atoms with Crippen LogP contribution in [0.2, 0.25) is 0 Å². The Hall–Kier alpha value is -2.74. The normalized spacial score (nSPS) is 25.4. The summed E-state index contributed by atoms with van der Waals surface area (Å²) in [6.07, 6.45) is -2.87. The van der Waals surface area contributed by atoms with Crippen LogP contribution in [-0.4, -0.2) is 78.2 Å². The lowest BCUT2D eigenvalue weighted by atomic mass is 9.77. The molecule has 7 rings (SSSR count). The van der Waals surface area contributed by atoms with E-state index in [1.807, 2.05) is 18.7 Å². The molecule has 0 unspecified atom stereocenters. The fourth-order valence-corrected chi connectivity index (χ4v) is 8.66. The SMILES string of the molecule is C[C@@H]1CN(c2nc(=O)n3c4c(c(-c5ccc(F)cc5F)c(C(F)(F)F)cc24)SC[C@@H]3CN2CCC3(CC2)COC3)C[C@H](C)N1. The molecule has 3 atom stereocenters. The van der Waals surface area contributed by atoms with Gasteiger partial charge in [0.05, 0.1) is 30.3 Å². The number of rotatable bonds is 4. The minimum atomic E-state index is -4.85. The van der Waals surface area contributed by atoms with E-state index in [4.69, 9.17) is 4.74 Å². The van der Waals surface area contributed by atoms with Crippen LogP contribution >= 0.6 is 11.8 Å². The van der Waals surface area contributed by atoms with E-state index in [2.05, 4.69) is 15.2 Å². The van der Waals surface area contributed by atoms with Crippen molar-refractivity contribution in [3.63, 3.8) is 0 Å². The van der Waals surface area contributed by atoms with Crippen LogP contribution in [0.1, 0.15) is 38.3 Å². The van der Waals surface area contributed by atoms with Gasteiger partial charge in [-0.25, -0.2) is 13.6 Å². The maximum absolute atomic E-state index is 15.2. The fourth-order valence-electron chi connectivity index (χ4n) is 7.34. The number of anilines is 1. The second-order valence-corrected chi connectivity index (χ2v) is 13.9. The van der Waals surface area contributed by atoms with Crippen molar-refractivity contribution in [1.82, 2.24) is 19.8 Å². The van der Waals surface area contributed by atoms with Crippen LogP contribution in [0.4, 0.5) is 27.8 Å². The second-order valence-electron chi connectivity index (χ2n) is 12.9. The van der Waals surface area contributed by atoms with E-state index in [0.29, 0.717) is 37.0 Å². The first-order valence-electron chi connectivity index (χ1n) is 15.0. The number of alkyl halides is 3. The van der Waals surface area contributed by atoms with Gasteiger partial charge in [-0.3, -0.25) is 4.57 Å². The Morgan fingerprint density at radius 2 is 1.80 bits per heavy atom. The number of benzene rings is 2. The molecule has 5 heterocycles. The van der Waals surface area contributed by atoms with Crippen LogP contribution in [-0.2, 0) is 10.9 Å². The highest BCUT2D eigenvalue weighted by Crippen LogP contribution is 2.50. The van der Waals surface area contributed by atoms with E-state index in [1.54, 1.807) is 0 Å². The lowest BCUT2D eigenvalue weighted by Gasteiger charge is -2.48. The molecule has 236 valence electrons. The lowest BCUT2D eigenvalue weighted by molar-refractivity contribution is -0.140. The van der Waals surface area contributed by atoms with Gasteiger partial charge in [-0.05, 0) is 58.0 Å². The summed E-state index contributed by atoms with van der Waals surface area (Å²) < 4.78 is 80.6. The zero-order valence-electron chi connectivity index (χ0n) is 24.5. The fraction of sp³-hybridized carbons (Fsp3) is 0.548. The Morgan fingerprint density at radius 1 is 1.09 bits per heavy atom. The summed E-state index contributed by atoms with van der Waals surface area (Å²) in [4.78, 5) is 22.7. The topological polar surface area (TPSA) is 62.6 Å². The van der Waals surface area contributed by atoms with Gasteiger partial charge < -0.3 is 19.9 Å². The van der Waals surface area contributed by atoms with Gasteiger partial charge in [0.1, 0.15) is 17.5 Å². The molecule has 1 spiro atoms. The standard InChI is InChI=1S/C31H34F5N5O2S/c1-17-11-40(12-18(2)37-17)28-22-10-23(31(34,35)36)25(21-4-3-19(32)9-24(21)33)27-26(22)41(29(42)38-28)20(14-44-27)13-39-7-5-30(6-8-39)15-43-16-30/h3-4,9-10,17-18,20,37H,5-8,11-16H2,1-2H3/t17-,18+,20-/m0/s1. The molecule has 4 aliphatic heterocycles. The van der Waals surface area contributed by atoms with Gasteiger partial charge in [0, 0.05) is 70.4 Å². The number of halogens is 5. The summed E-state index contributed by atoms with van der Waals surface area (Å²) >= 11 is 1.20. The Labute approximate surface area is 255 Å². The Balaban J connectivity index is 1.42. The van der Waals surface area contributed by atoms with Gasteiger partial charge in [0.2, 0.25) is 0 Å². The molecule has 0 saturated carbocycles. The molecule has 0 radical (unpaired) electrons. The van der Waals surface area contributed by atoms with Crippen molar-refractivity contribution in [2.45, 2.75) is 55.9 Å². The molecule has 2 aromatic carbocycles. The zero-order valence-corrected chi connectivity index (χ0v) is 25.3. The van der Waals surface area contributed by atoms with E-state index in [1.165, 1.54) is 16.3 Å². The third kappa shape index (κ3) is 5.19. The van der Waals surface area contributed by atoms with Crippen LogP contribution in [0.3, 0.4) is 0 Å². The smallest absolute Gasteiger partial charge is 0.380 e. The van der Waals surface area contributed by atoms with Crippen LogP contribution < -0.4 is 15.9 Å². The summed E-state index contributed by atoms with van der Waals surface area (Å²) in [6, 6.07) is 3.29. The van der Waals surface area contributed by atoms with Crippen molar-refractivity contribution in [3.8, 4) is 11.1 Å². The van der Waals surface area contributed by atoms with Crippen LogP contribution in [0.5, 0.6) is 0 Å². The summed E-state index contributed by atoms with van der Waals surface area (Å²) in [5, 5.41) is 3.62. The quantitative estimate of drug-likeness (QED) is 0.391. The van der Waals surface area contributed by atoms with Crippen molar-refractivity contribution in [1.29, 1.82) is 0 Å². The van der Waals surface area contributed by atoms with Gasteiger partial charge in [-0.1, -0.05) is 0 Å². The molecule has 3 aromatic rings. The number of piperazine rings is 1. The van der Waals surface area contributed by atoms with Crippen molar-refractivity contribution >= 4 is 28.5 Å². The van der Waals surface area contributed by atoms with Crippen LogP contribution in [0.15, 0.2) is 34.0 Å². The molecule has 1 N–H and O–H groups in total. The van der Waals surface area contributed by atoms with E-state index in [-0.39, 0.29) is 50.8 Å². The van der Waals surface area contributed by atoms with E-state index < -0.39 is 29.1 Å². The zero-order chi connectivity index (χ0) is 31.0. The highest BCUT2D eigenvalue weighted by Gasteiger charge is 2.43. The summed E-state index contributed by atoms with van der Waals surface area (Å²) in [6.45, 7) is 8.63. The summed E-state index contributed by atoms with van der Waals surface area (Å²) in [5.74, 6) is -1.47. The summed E-state index contributed by atoms with van der Waals surface area (Å²) in [5.41, 5.74) is -1.74. The van der Waals surface area contributed by atoms with Gasteiger partial charge in [0.15, 0.2) is 0 Å². The van der Waals surface area contributed by atoms with Crippen LogP contribution in [0.25, 0.3) is 22.0 Å². The second kappa shape index (κ2) is 11.0. The molecule has 44 heavy (non-hydrogen) atoms. The molecule has 0 aliphatic carbocycles.